The Bertz CT molecular complexity index is 762. The van der Waals surface area contributed by atoms with Gasteiger partial charge >= 0.3 is 0 Å². The zero-order valence-electron chi connectivity index (χ0n) is 11.6. The Labute approximate surface area is 136 Å². The van der Waals surface area contributed by atoms with Gasteiger partial charge in [0.15, 0.2) is 0 Å². The van der Waals surface area contributed by atoms with E-state index in [1.807, 2.05) is 31.2 Å². The second kappa shape index (κ2) is 5.98. The molecule has 1 atom stereocenters. The second-order valence-electron chi connectivity index (χ2n) is 4.88. The summed E-state index contributed by atoms with van der Waals surface area (Å²) < 4.78 is 0. The largest absolute Gasteiger partial charge is 0.291 e. The zero-order chi connectivity index (χ0) is 15.7. The standard InChI is InChI=1S/C15H12ClN3O2S/c1-9-2-4-10(5-3-9)14-17-18-15(22-14)11-6-7-13(19(20)21)12(16)8-11/h2-8,15,18H,1H3/t15-/m1/s1. The van der Waals surface area contributed by atoms with E-state index >= 15 is 0 Å². The first kappa shape index (κ1) is 14.9. The van der Waals surface area contributed by atoms with Gasteiger partial charge in [-0.15, -0.1) is 0 Å². The lowest BCUT2D eigenvalue weighted by molar-refractivity contribution is -0.384. The van der Waals surface area contributed by atoms with E-state index in [9.17, 15) is 10.1 Å². The smallest absolute Gasteiger partial charge is 0.287 e. The number of halogens is 1. The van der Waals surface area contributed by atoms with Crippen molar-refractivity contribution in [2.75, 3.05) is 0 Å². The lowest BCUT2D eigenvalue weighted by atomic mass is 10.2. The van der Waals surface area contributed by atoms with E-state index in [0.29, 0.717) is 0 Å². The third-order valence-corrected chi connectivity index (χ3v) is 4.75. The summed E-state index contributed by atoms with van der Waals surface area (Å²) in [5.41, 5.74) is 6.03. The number of hydrazone groups is 1. The molecule has 0 fully saturated rings. The summed E-state index contributed by atoms with van der Waals surface area (Å²) in [4.78, 5) is 10.3. The van der Waals surface area contributed by atoms with E-state index in [2.05, 4.69) is 10.5 Å². The van der Waals surface area contributed by atoms with Crippen molar-refractivity contribution in [2.45, 2.75) is 12.3 Å². The van der Waals surface area contributed by atoms with Crippen molar-refractivity contribution in [1.82, 2.24) is 5.43 Å². The average molecular weight is 334 g/mol. The summed E-state index contributed by atoms with van der Waals surface area (Å²) in [6.07, 6.45) is 0. The number of nitro benzene ring substituents is 1. The van der Waals surface area contributed by atoms with E-state index in [0.717, 1.165) is 16.2 Å². The van der Waals surface area contributed by atoms with Crippen LogP contribution in [0.1, 0.15) is 22.1 Å². The highest BCUT2D eigenvalue weighted by atomic mass is 35.5. The Morgan fingerprint density at radius 2 is 2.00 bits per heavy atom. The summed E-state index contributed by atoms with van der Waals surface area (Å²) in [6.45, 7) is 2.04. The Balaban J connectivity index is 1.78. The summed E-state index contributed by atoms with van der Waals surface area (Å²) in [6, 6.07) is 12.8. The second-order valence-corrected chi connectivity index (χ2v) is 6.38. The number of thioether (sulfide) groups is 1. The number of hydrogen-bond donors (Lipinski definition) is 1. The molecule has 22 heavy (non-hydrogen) atoms. The molecule has 1 N–H and O–H groups in total. The monoisotopic (exact) mass is 333 g/mol. The van der Waals surface area contributed by atoms with Gasteiger partial charge in [0.2, 0.25) is 0 Å². The highest BCUT2D eigenvalue weighted by Gasteiger charge is 2.24. The molecule has 0 spiro atoms. The molecule has 0 aromatic heterocycles. The van der Waals surface area contributed by atoms with E-state index in [-0.39, 0.29) is 16.1 Å². The summed E-state index contributed by atoms with van der Waals surface area (Å²) in [5.74, 6) is 0. The van der Waals surface area contributed by atoms with Crippen LogP contribution in [0, 0.1) is 17.0 Å². The molecule has 0 saturated heterocycles. The van der Waals surface area contributed by atoms with E-state index in [1.165, 1.54) is 11.6 Å². The topological polar surface area (TPSA) is 67.5 Å². The summed E-state index contributed by atoms with van der Waals surface area (Å²) in [5, 5.41) is 16.0. The number of aryl methyl sites for hydroxylation is 1. The Hall–Kier alpha value is -2.05. The van der Waals surface area contributed by atoms with Gasteiger partial charge in [-0.05, 0) is 24.6 Å². The molecule has 0 unspecified atom stereocenters. The van der Waals surface area contributed by atoms with Crippen molar-refractivity contribution in [3.8, 4) is 0 Å². The molecular weight excluding hydrogens is 322 g/mol. The molecule has 7 heteroatoms. The van der Waals surface area contributed by atoms with Crippen molar-refractivity contribution in [3.63, 3.8) is 0 Å². The van der Waals surface area contributed by atoms with Crippen molar-refractivity contribution in [3.05, 3.63) is 74.3 Å². The minimum Gasteiger partial charge on any atom is -0.291 e. The maximum Gasteiger partial charge on any atom is 0.287 e. The minimum atomic E-state index is -0.491. The van der Waals surface area contributed by atoms with Crippen molar-refractivity contribution >= 4 is 34.1 Å². The number of nitro groups is 1. The van der Waals surface area contributed by atoms with Crippen molar-refractivity contribution in [1.29, 1.82) is 0 Å². The van der Waals surface area contributed by atoms with Crippen LogP contribution in [0.2, 0.25) is 5.02 Å². The lowest BCUT2D eigenvalue weighted by Crippen LogP contribution is -2.06. The maximum absolute atomic E-state index is 10.8. The van der Waals surface area contributed by atoms with Gasteiger partial charge in [0.1, 0.15) is 15.4 Å². The number of nitrogens with one attached hydrogen (secondary N) is 1. The van der Waals surface area contributed by atoms with Gasteiger partial charge in [-0.3, -0.25) is 15.5 Å². The van der Waals surface area contributed by atoms with Gasteiger partial charge < -0.3 is 0 Å². The molecule has 112 valence electrons. The van der Waals surface area contributed by atoms with E-state index in [4.69, 9.17) is 11.6 Å². The van der Waals surface area contributed by atoms with Crippen LogP contribution >= 0.6 is 23.4 Å². The molecule has 1 aliphatic rings. The fourth-order valence-corrected chi connectivity index (χ4v) is 3.33. The summed E-state index contributed by atoms with van der Waals surface area (Å²) in [7, 11) is 0. The van der Waals surface area contributed by atoms with Crippen LogP contribution in [-0.4, -0.2) is 9.97 Å². The first-order valence-corrected chi connectivity index (χ1v) is 7.81. The Kier molecular flexibility index (Phi) is 4.04. The van der Waals surface area contributed by atoms with Crippen LogP contribution in [0.5, 0.6) is 0 Å². The molecule has 0 radical (unpaired) electrons. The molecule has 3 rings (SSSR count). The van der Waals surface area contributed by atoms with Gasteiger partial charge in [-0.25, -0.2) is 0 Å². The molecule has 5 nitrogen and oxygen atoms in total. The van der Waals surface area contributed by atoms with Crippen molar-refractivity contribution < 1.29 is 4.92 Å². The fraction of sp³-hybridized carbons (Fsp3) is 0.133. The Morgan fingerprint density at radius 3 is 2.64 bits per heavy atom. The molecule has 0 saturated carbocycles. The van der Waals surface area contributed by atoms with Crippen LogP contribution in [0.15, 0.2) is 47.6 Å². The molecule has 2 aromatic carbocycles. The molecule has 0 bridgehead atoms. The Morgan fingerprint density at radius 1 is 1.27 bits per heavy atom. The van der Waals surface area contributed by atoms with Gasteiger partial charge in [0, 0.05) is 11.6 Å². The zero-order valence-corrected chi connectivity index (χ0v) is 13.2. The maximum atomic E-state index is 10.8. The average Bonchev–Trinajstić information content (AvgIpc) is 2.97. The van der Waals surface area contributed by atoms with Gasteiger partial charge in [-0.2, -0.15) is 5.10 Å². The van der Waals surface area contributed by atoms with Crippen LogP contribution in [0.4, 0.5) is 5.69 Å². The predicted molar refractivity (Wildman–Crippen MR) is 89.3 cm³/mol. The third-order valence-electron chi connectivity index (χ3n) is 3.28. The third kappa shape index (κ3) is 2.93. The predicted octanol–water partition coefficient (Wildman–Crippen LogP) is 4.25. The molecule has 0 aliphatic carbocycles. The first-order chi connectivity index (χ1) is 10.5. The van der Waals surface area contributed by atoms with Crippen LogP contribution in [-0.2, 0) is 0 Å². The summed E-state index contributed by atoms with van der Waals surface area (Å²) >= 11 is 7.51. The number of hydrogen-bond acceptors (Lipinski definition) is 5. The van der Waals surface area contributed by atoms with Gasteiger partial charge in [0.05, 0.1) is 4.92 Å². The van der Waals surface area contributed by atoms with E-state index in [1.54, 1.807) is 23.9 Å². The molecule has 1 aliphatic heterocycles. The normalized spacial score (nSPS) is 17.0. The van der Waals surface area contributed by atoms with E-state index < -0.39 is 4.92 Å². The quantitative estimate of drug-likeness (QED) is 0.673. The number of benzene rings is 2. The van der Waals surface area contributed by atoms with Crippen LogP contribution in [0.25, 0.3) is 0 Å². The van der Waals surface area contributed by atoms with Gasteiger partial charge in [-0.1, -0.05) is 53.2 Å². The highest BCUT2D eigenvalue weighted by molar-refractivity contribution is 8.14. The SMILES string of the molecule is Cc1ccc(C2=NN[C@@H](c3ccc([N+](=O)[O-])c(Cl)c3)S2)cc1. The van der Waals surface area contributed by atoms with Crippen molar-refractivity contribution in [2.24, 2.45) is 5.10 Å². The fourth-order valence-electron chi connectivity index (χ4n) is 2.09. The molecular formula is C15H12ClN3O2S. The number of rotatable bonds is 3. The number of nitrogens with zero attached hydrogens (tertiary/aromatic N) is 2. The highest BCUT2D eigenvalue weighted by Crippen LogP contribution is 2.37. The van der Waals surface area contributed by atoms with Crippen LogP contribution in [0.3, 0.4) is 0 Å². The minimum absolute atomic E-state index is 0.0897. The molecule has 2 aromatic rings. The molecule has 1 heterocycles. The first-order valence-electron chi connectivity index (χ1n) is 6.55. The van der Waals surface area contributed by atoms with Crippen LogP contribution < -0.4 is 5.43 Å². The lowest BCUT2D eigenvalue weighted by Gasteiger charge is -2.10. The molecule has 0 amide bonds. The van der Waals surface area contributed by atoms with Gasteiger partial charge in [0.25, 0.3) is 5.69 Å².